The summed E-state index contributed by atoms with van der Waals surface area (Å²) in [6.45, 7) is 3.80. The van der Waals surface area contributed by atoms with Gasteiger partial charge in [-0.2, -0.15) is 5.01 Å². The Kier molecular flexibility index (Phi) is 8.22. The Balaban J connectivity index is 1.57. The maximum absolute atomic E-state index is 14.2. The molecule has 0 unspecified atom stereocenters. The van der Waals surface area contributed by atoms with Gasteiger partial charge in [0.1, 0.15) is 11.4 Å². The molecule has 3 heterocycles. The van der Waals surface area contributed by atoms with Crippen molar-refractivity contribution in [3.05, 3.63) is 62.3 Å². The van der Waals surface area contributed by atoms with Crippen molar-refractivity contribution in [3.8, 4) is 5.75 Å². The van der Waals surface area contributed by atoms with Gasteiger partial charge in [-0.15, -0.1) is 0 Å². The molecule has 1 saturated heterocycles. The molecular formula is C24H27ClFN5O4S. The van der Waals surface area contributed by atoms with Gasteiger partial charge in [-0.1, -0.05) is 49.3 Å². The van der Waals surface area contributed by atoms with Crippen molar-refractivity contribution < 1.29 is 18.7 Å². The molecule has 2 aliphatic heterocycles. The van der Waals surface area contributed by atoms with Crippen LogP contribution in [0.3, 0.4) is 0 Å². The smallest absolute Gasteiger partial charge is 0.288 e. The Morgan fingerprint density at radius 2 is 2.00 bits per heavy atom. The number of ether oxygens (including phenoxy) is 1. The third-order valence-corrected chi connectivity index (χ3v) is 6.59. The lowest BCUT2D eigenvalue weighted by Crippen LogP contribution is -2.55. The number of nitrogens with zero attached hydrogens (tertiary/aromatic N) is 3. The first-order chi connectivity index (χ1) is 17.3. The molecule has 36 heavy (non-hydrogen) atoms. The van der Waals surface area contributed by atoms with Crippen LogP contribution in [0.2, 0.25) is 5.02 Å². The van der Waals surface area contributed by atoms with Gasteiger partial charge >= 0.3 is 0 Å². The maximum Gasteiger partial charge on any atom is 0.288 e. The zero-order valence-corrected chi connectivity index (χ0v) is 21.4. The van der Waals surface area contributed by atoms with Gasteiger partial charge in [-0.3, -0.25) is 30.2 Å². The quantitative estimate of drug-likeness (QED) is 0.319. The van der Waals surface area contributed by atoms with E-state index < -0.39 is 17.2 Å². The summed E-state index contributed by atoms with van der Waals surface area (Å²) in [4.78, 5) is 39.6. The summed E-state index contributed by atoms with van der Waals surface area (Å²) in [7, 11) is 0. The van der Waals surface area contributed by atoms with Crippen molar-refractivity contribution in [1.82, 2.24) is 25.4 Å². The number of fused-ring (bicyclic) bond motifs is 2. The highest BCUT2D eigenvalue weighted by Gasteiger charge is 2.36. The predicted octanol–water partition coefficient (Wildman–Crippen LogP) is 3.05. The first kappa shape index (κ1) is 26.1. The summed E-state index contributed by atoms with van der Waals surface area (Å²) in [5.41, 5.74) is 4.48. The number of aromatic nitrogens is 1. The number of pyridine rings is 1. The highest BCUT2D eigenvalue weighted by Crippen LogP contribution is 2.26. The molecule has 9 nitrogen and oxygen atoms in total. The van der Waals surface area contributed by atoms with E-state index in [4.69, 9.17) is 28.6 Å². The highest BCUT2D eigenvalue weighted by molar-refractivity contribution is 7.80. The van der Waals surface area contributed by atoms with Gasteiger partial charge in [0, 0.05) is 25.7 Å². The van der Waals surface area contributed by atoms with Crippen molar-refractivity contribution in [1.29, 1.82) is 0 Å². The molecule has 2 aliphatic rings. The number of carbonyl (C=O) groups excluding carboxylic acids is 2. The number of unbranched alkanes of at least 4 members (excludes halogenated alkanes) is 1. The molecule has 0 atom stereocenters. The molecule has 0 bridgehead atoms. The normalized spacial score (nSPS) is 15.2. The van der Waals surface area contributed by atoms with Crippen molar-refractivity contribution in [2.75, 3.05) is 19.7 Å². The summed E-state index contributed by atoms with van der Waals surface area (Å²) in [6.07, 6.45) is 4.72. The van der Waals surface area contributed by atoms with Gasteiger partial charge in [0.05, 0.1) is 23.3 Å². The molecular weight excluding hydrogens is 509 g/mol. The number of nitrogens with one attached hydrogen (secondary N) is 2. The van der Waals surface area contributed by atoms with Crippen molar-refractivity contribution in [2.24, 2.45) is 0 Å². The minimum atomic E-state index is -0.752. The lowest BCUT2D eigenvalue weighted by Gasteiger charge is -2.43. The minimum Gasteiger partial charge on any atom is -0.487 e. The standard InChI is InChI=1S/C24H27ClFN5O4S/c1-2-3-11-35-22-20-24(34)31-10-5-4-9-30(31)14-29(20)13-16(21(22)32)23(33)28-27-18(36)12-15-7-6-8-17(25)19(15)26/h6-8,13H,2-5,9-12,14H2,1H3,(H,27,36)(H,28,33). The fourth-order valence-corrected chi connectivity index (χ4v) is 4.57. The molecule has 1 aromatic heterocycles. The van der Waals surface area contributed by atoms with Crippen LogP contribution in [0.1, 0.15) is 59.0 Å². The van der Waals surface area contributed by atoms with Crippen LogP contribution in [-0.2, 0) is 13.1 Å². The second-order valence-corrected chi connectivity index (χ2v) is 9.52. The lowest BCUT2D eigenvalue weighted by atomic mass is 10.1. The van der Waals surface area contributed by atoms with Crippen LogP contribution in [0.5, 0.6) is 5.75 Å². The second-order valence-electron chi connectivity index (χ2n) is 8.62. The van der Waals surface area contributed by atoms with Crippen LogP contribution >= 0.6 is 23.8 Å². The number of hydrazine groups is 2. The molecule has 2 amide bonds. The number of carbonyl (C=O) groups is 2. The first-order valence-corrected chi connectivity index (χ1v) is 12.6. The van der Waals surface area contributed by atoms with Crippen LogP contribution in [-0.4, -0.2) is 51.1 Å². The summed E-state index contributed by atoms with van der Waals surface area (Å²) < 4.78 is 21.5. The Bertz CT molecular complexity index is 1250. The Morgan fingerprint density at radius 1 is 1.22 bits per heavy atom. The fourth-order valence-electron chi connectivity index (χ4n) is 4.17. The Hall–Kier alpha value is -3.02. The van der Waals surface area contributed by atoms with Crippen molar-refractivity contribution in [2.45, 2.75) is 45.7 Å². The largest absolute Gasteiger partial charge is 0.487 e. The zero-order chi connectivity index (χ0) is 25.8. The molecule has 0 saturated carbocycles. The van der Waals surface area contributed by atoms with Crippen LogP contribution in [0.4, 0.5) is 4.39 Å². The van der Waals surface area contributed by atoms with E-state index in [0.717, 1.165) is 19.3 Å². The Morgan fingerprint density at radius 3 is 2.78 bits per heavy atom. The third kappa shape index (κ3) is 5.37. The molecule has 0 aliphatic carbocycles. The monoisotopic (exact) mass is 535 g/mol. The average Bonchev–Trinajstić information content (AvgIpc) is 2.87. The minimum absolute atomic E-state index is 0.00412. The van der Waals surface area contributed by atoms with Gasteiger partial charge < -0.3 is 9.30 Å². The second kappa shape index (κ2) is 11.4. The van der Waals surface area contributed by atoms with E-state index in [9.17, 15) is 18.8 Å². The van der Waals surface area contributed by atoms with Crippen molar-refractivity contribution in [3.63, 3.8) is 0 Å². The molecule has 4 rings (SSSR count). The van der Waals surface area contributed by atoms with E-state index >= 15 is 0 Å². The summed E-state index contributed by atoms with van der Waals surface area (Å²) in [6, 6.07) is 4.56. The van der Waals surface area contributed by atoms with Crippen LogP contribution in [0.25, 0.3) is 0 Å². The molecule has 0 spiro atoms. The summed E-state index contributed by atoms with van der Waals surface area (Å²) in [5.74, 6) is -1.79. The first-order valence-electron chi connectivity index (χ1n) is 11.8. The van der Waals surface area contributed by atoms with Gasteiger partial charge in [0.25, 0.3) is 11.8 Å². The molecule has 1 fully saturated rings. The van der Waals surface area contributed by atoms with E-state index in [1.165, 1.54) is 18.3 Å². The fraction of sp³-hybridized carbons (Fsp3) is 0.417. The summed E-state index contributed by atoms with van der Waals surface area (Å²) >= 11 is 11.0. The van der Waals surface area contributed by atoms with Gasteiger partial charge in [0.2, 0.25) is 5.43 Å². The van der Waals surface area contributed by atoms with E-state index in [0.29, 0.717) is 26.2 Å². The van der Waals surface area contributed by atoms with E-state index in [2.05, 4.69) is 10.9 Å². The number of rotatable bonds is 7. The van der Waals surface area contributed by atoms with Gasteiger partial charge in [-0.05, 0) is 30.9 Å². The molecule has 1 aromatic carbocycles. The maximum atomic E-state index is 14.2. The number of thiocarbonyl (C=S) groups is 1. The lowest BCUT2D eigenvalue weighted by molar-refractivity contribution is -0.0623. The number of halogens is 2. The van der Waals surface area contributed by atoms with E-state index in [1.54, 1.807) is 15.6 Å². The molecule has 192 valence electrons. The van der Waals surface area contributed by atoms with Gasteiger partial charge in [0.15, 0.2) is 11.4 Å². The third-order valence-electron chi connectivity index (χ3n) is 6.06. The molecule has 12 heteroatoms. The summed E-state index contributed by atoms with van der Waals surface area (Å²) in [5, 5.41) is 3.51. The number of hydrogen-bond donors (Lipinski definition) is 2. The van der Waals surface area contributed by atoms with Gasteiger partial charge in [-0.25, -0.2) is 4.39 Å². The van der Waals surface area contributed by atoms with Crippen LogP contribution < -0.4 is 21.0 Å². The van der Waals surface area contributed by atoms with E-state index in [-0.39, 0.29) is 51.5 Å². The van der Waals surface area contributed by atoms with E-state index in [1.807, 2.05) is 11.9 Å². The SMILES string of the molecule is CCCCOc1c2n(cc(C(=O)NNC(=S)Cc3cccc(Cl)c3F)c1=O)CN1CCCCN1C2=O. The topological polar surface area (TPSA) is 95.9 Å². The van der Waals surface area contributed by atoms with Crippen molar-refractivity contribution >= 4 is 40.6 Å². The Labute approximate surface area is 218 Å². The zero-order valence-electron chi connectivity index (χ0n) is 19.8. The highest BCUT2D eigenvalue weighted by atomic mass is 35.5. The van der Waals surface area contributed by atoms with Crippen LogP contribution in [0, 0.1) is 5.82 Å². The molecule has 2 aromatic rings. The molecule has 0 radical (unpaired) electrons. The average molecular weight is 536 g/mol. The predicted molar refractivity (Wildman–Crippen MR) is 136 cm³/mol. The number of benzene rings is 1. The van der Waals surface area contributed by atoms with Crippen LogP contribution in [0.15, 0.2) is 29.2 Å². The number of amides is 2. The molecule has 2 N–H and O–H groups in total. The number of hydrogen-bond acceptors (Lipinski definition) is 6.